The van der Waals surface area contributed by atoms with Crippen LogP contribution in [0.25, 0.3) is 6.08 Å². The van der Waals surface area contributed by atoms with E-state index in [0.29, 0.717) is 16.9 Å². The van der Waals surface area contributed by atoms with Crippen LogP contribution in [0, 0.1) is 10.1 Å². The zero-order chi connectivity index (χ0) is 17.8. The second kappa shape index (κ2) is 6.83. The second-order valence-corrected chi connectivity index (χ2v) is 5.22. The van der Waals surface area contributed by atoms with Gasteiger partial charge in [0.05, 0.1) is 4.92 Å². The van der Waals surface area contributed by atoms with Gasteiger partial charge in [0.2, 0.25) is 0 Å². The normalized spacial score (nSPS) is 15.0. The van der Waals surface area contributed by atoms with E-state index < -0.39 is 16.9 Å². The number of nitrogens with one attached hydrogen (secondary N) is 2. The molecule has 25 heavy (non-hydrogen) atoms. The Morgan fingerprint density at radius 3 is 2.60 bits per heavy atom. The SMILES string of the molecule is O=C1NC(=O)/C(=C/c2ccccc2OCc2cccc([N+](=O)[O-])c2)N1. The third kappa shape index (κ3) is 3.81. The zero-order valence-corrected chi connectivity index (χ0v) is 12.9. The lowest BCUT2D eigenvalue weighted by atomic mass is 10.1. The van der Waals surface area contributed by atoms with Gasteiger partial charge in [-0.05, 0) is 17.7 Å². The van der Waals surface area contributed by atoms with Gasteiger partial charge in [0.1, 0.15) is 18.1 Å². The van der Waals surface area contributed by atoms with Crippen LogP contribution in [-0.4, -0.2) is 16.9 Å². The molecule has 126 valence electrons. The lowest BCUT2D eigenvalue weighted by Gasteiger charge is -2.09. The highest BCUT2D eigenvalue weighted by molar-refractivity contribution is 6.14. The summed E-state index contributed by atoms with van der Waals surface area (Å²) < 4.78 is 5.72. The topological polar surface area (TPSA) is 111 Å². The number of urea groups is 1. The number of carbonyl (C=O) groups is 2. The molecule has 0 radical (unpaired) electrons. The minimum atomic E-state index is -0.578. The molecule has 8 heteroatoms. The van der Waals surface area contributed by atoms with Crippen LogP contribution in [-0.2, 0) is 11.4 Å². The number of para-hydroxylation sites is 1. The molecule has 2 aromatic carbocycles. The Balaban J connectivity index is 1.79. The average molecular weight is 339 g/mol. The summed E-state index contributed by atoms with van der Waals surface area (Å²) in [4.78, 5) is 33.1. The number of rotatable bonds is 5. The van der Waals surface area contributed by atoms with Gasteiger partial charge in [-0.15, -0.1) is 0 Å². The van der Waals surface area contributed by atoms with Crippen LogP contribution in [0.15, 0.2) is 54.2 Å². The van der Waals surface area contributed by atoms with Gasteiger partial charge < -0.3 is 10.1 Å². The highest BCUT2D eigenvalue weighted by Gasteiger charge is 2.23. The predicted octanol–water partition coefficient (Wildman–Crippen LogP) is 2.35. The highest BCUT2D eigenvalue weighted by atomic mass is 16.6. The molecule has 1 aliphatic heterocycles. The number of imide groups is 1. The van der Waals surface area contributed by atoms with Crippen molar-refractivity contribution in [3.05, 3.63) is 75.5 Å². The van der Waals surface area contributed by atoms with E-state index in [0.717, 1.165) is 0 Å². The molecule has 1 heterocycles. The Morgan fingerprint density at radius 1 is 1.08 bits per heavy atom. The summed E-state index contributed by atoms with van der Waals surface area (Å²) in [5, 5.41) is 15.3. The van der Waals surface area contributed by atoms with E-state index in [2.05, 4.69) is 10.6 Å². The molecule has 0 saturated carbocycles. The van der Waals surface area contributed by atoms with Crippen LogP contribution >= 0.6 is 0 Å². The molecule has 0 aromatic heterocycles. The number of non-ortho nitro benzene ring substituents is 1. The lowest BCUT2D eigenvalue weighted by molar-refractivity contribution is -0.384. The van der Waals surface area contributed by atoms with Crippen molar-refractivity contribution in [2.45, 2.75) is 6.61 Å². The maximum Gasteiger partial charge on any atom is 0.326 e. The molecule has 0 spiro atoms. The smallest absolute Gasteiger partial charge is 0.326 e. The zero-order valence-electron chi connectivity index (χ0n) is 12.9. The van der Waals surface area contributed by atoms with E-state index in [9.17, 15) is 19.7 Å². The summed E-state index contributed by atoms with van der Waals surface area (Å²) in [5.41, 5.74) is 1.35. The first-order chi connectivity index (χ1) is 12.0. The molecule has 1 aliphatic rings. The van der Waals surface area contributed by atoms with E-state index >= 15 is 0 Å². The van der Waals surface area contributed by atoms with Gasteiger partial charge in [-0.3, -0.25) is 20.2 Å². The molecule has 3 amide bonds. The fourth-order valence-corrected chi connectivity index (χ4v) is 2.29. The summed E-state index contributed by atoms with van der Waals surface area (Å²) >= 11 is 0. The predicted molar refractivity (Wildman–Crippen MR) is 88.5 cm³/mol. The summed E-state index contributed by atoms with van der Waals surface area (Å²) in [5.74, 6) is -0.0334. The number of benzene rings is 2. The Morgan fingerprint density at radius 2 is 1.88 bits per heavy atom. The number of nitro benzene ring substituents is 1. The van der Waals surface area contributed by atoms with Gasteiger partial charge in [-0.25, -0.2) is 4.79 Å². The van der Waals surface area contributed by atoms with Crippen molar-refractivity contribution in [1.82, 2.24) is 10.6 Å². The van der Waals surface area contributed by atoms with Crippen molar-refractivity contribution < 1.29 is 19.2 Å². The van der Waals surface area contributed by atoms with Crippen LogP contribution in [0.1, 0.15) is 11.1 Å². The van der Waals surface area contributed by atoms with Crippen molar-refractivity contribution in [2.75, 3.05) is 0 Å². The number of ether oxygens (including phenoxy) is 1. The minimum Gasteiger partial charge on any atom is -0.488 e. The Hall–Kier alpha value is -3.68. The number of nitrogens with zero attached hydrogens (tertiary/aromatic N) is 1. The first-order valence-electron chi connectivity index (χ1n) is 7.32. The molecule has 0 atom stereocenters. The van der Waals surface area contributed by atoms with Crippen LogP contribution in [0.5, 0.6) is 5.75 Å². The van der Waals surface area contributed by atoms with Gasteiger partial charge in [-0.2, -0.15) is 0 Å². The van der Waals surface area contributed by atoms with Crippen molar-refractivity contribution in [1.29, 1.82) is 0 Å². The fraction of sp³-hybridized carbons (Fsp3) is 0.0588. The van der Waals surface area contributed by atoms with E-state index in [1.165, 1.54) is 18.2 Å². The molecule has 0 unspecified atom stereocenters. The van der Waals surface area contributed by atoms with E-state index in [1.54, 1.807) is 36.4 Å². The molecule has 0 bridgehead atoms. The maximum absolute atomic E-state index is 11.6. The largest absolute Gasteiger partial charge is 0.488 e. The molecule has 2 aromatic rings. The van der Waals surface area contributed by atoms with Crippen LogP contribution < -0.4 is 15.4 Å². The van der Waals surface area contributed by atoms with E-state index in [1.807, 2.05) is 0 Å². The highest BCUT2D eigenvalue weighted by Crippen LogP contribution is 2.23. The molecular weight excluding hydrogens is 326 g/mol. The minimum absolute atomic E-state index is 0.0122. The third-order valence-electron chi connectivity index (χ3n) is 3.45. The first kappa shape index (κ1) is 16.2. The molecule has 1 saturated heterocycles. The number of amides is 3. The molecule has 2 N–H and O–H groups in total. The Bertz CT molecular complexity index is 891. The molecule has 3 rings (SSSR count). The number of nitro groups is 1. The van der Waals surface area contributed by atoms with Crippen molar-refractivity contribution >= 4 is 23.7 Å². The first-order valence-corrected chi connectivity index (χ1v) is 7.32. The number of hydrogen-bond donors (Lipinski definition) is 2. The van der Waals surface area contributed by atoms with Crippen LogP contribution in [0.2, 0.25) is 0 Å². The van der Waals surface area contributed by atoms with Gasteiger partial charge in [0, 0.05) is 17.7 Å². The van der Waals surface area contributed by atoms with E-state index in [4.69, 9.17) is 4.74 Å². The standard InChI is InChI=1S/C17H13N3O5/c21-16-14(18-17(22)19-16)9-12-5-1-2-7-15(12)25-10-11-4-3-6-13(8-11)20(23)24/h1-9H,10H2,(H2,18,19,21,22)/b14-9-. The van der Waals surface area contributed by atoms with Gasteiger partial charge in [0.25, 0.3) is 11.6 Å². The second-order valence-electron chi connectivity index (χ2n) is 5.22. The molecular formula is C17H13N3O5. The monoisotopic (exact) mass is 339 g/mol. The van der Waals surface area contributed by atoms with Gasteiger partial charge in [-0.1, -0.05) is 30.3 Å². The maximum atomic E-state index is 11.6. The summed E-state index contributed by atoms with van der Waals surface area (Å²) in [6.07, 6.45) is 1.50. The van der Waals surface area contributed by atoms with Crippen LogP contribution in [0.4, 0.5) is 10.5 Å². The Kier molecular flexibility index (Phi) is 4.42. The lowest BCUT2D eigenvalue weighted by Crippen LogP contribution is -2.22. The summed E-state index contributed by atoms with van der Waals surface area (Å²) in [6, 6.07) is 12.5. The Labute approximate surface area is 142 Å². The summed E-state index contributed by atoms with van der Waals surface area (Å²) in [7, 11) is 0. The van der Waals surface area contributed by atoms with Crippen LogP contribution in [0.3, 0.4) is 0 Å². The number of hydrogen-bond acceptors (Lipinski definition) is 5. The molecule has 8 nitrogen and oxygen atoms in total. The third-order valence-corrected chi connectivity index (χ3v) is 3.45. The van der Waals surface area contributed by atoms with E-state index in [-0.39, 0.29) is 18.0 Å². The quantitative estimate of drug-likeness (QED) is 0.376. The van der Waals surface area contributed by atoms with Crippen molar-refractivity contribution in [2.24, 2.45) is 0 Å². The molecule has 1 fully saturated rings. The van der Waals surface area contributed by atoms with Gasteiger partial charge in [0.15, 0.2) is 0 Å². The van der Waals surface area contributed by atoms with Gasteiger partial charge >= 0.3 is 6.03 Å². The van der Waals surface area contributed by atoms with Crippen molar-refractivity contribution in [3.8, 4) is 5.75 Å². The molecule has 0 aliphatic carbocycles. The number of carbonyl (C=O) groups excluding carboxylic acids is 2. The van der Waals surface area contributed by atoms with Crippen molar-refractivity contribution in [3.63, 3.8) is 0 Å². The average Bonchev–Trinajstić information content (AvgIpc) is 2.91. The summed E-state index contributed by atoms with van der Waals surface area (Å²) in [6.45, 7) is 0.125. The fourth-order valence-electron chi connectivity index (χ4n) is 2.29.